The minimum Gasteiger partial charge on any atom is -0.497 e. The normalized spacial score (nSPS) is 15.0. The van der Waals surface area contributed by atoms with Crippen LogP contribution >= 0.6 is 11.6 Å². The van der Waals surface area contributed by atoms with Crippen molar-refractivity contribution in [2.75, 3.05) is 30.4 Å². The van der Waals surface area contributed by atoms with Gasteiger partial charge in [-0.3, -0.25) is 10.4 Å². The van der Waals surface area contributed by atoms with Gasteiger partial charge in [0.25, 0.3) is 0 Å². The molecule has 0 aliphatic carbocycles. The number of carbonyl (C=O) groups is 1. The molecule has 0 atom stereocenters. The Hall–Kier alpha value is -4.16. The molecule has 4 heterocycles. The maximum Gasteiger partial charge on any atom is 0.409 e. The maximum atomic E-state index is 12.2. The molecule has 41 heavy (non-hydrogen) atoms. The fourth-order valence-corrected chi connectivity index (χ4v) is 4.81. The number of aliphatic hydroxyl groups is 1. The Labute approximate surface area is 242 Å². The van der Waals surface area contributed by atoms with Gasteiger partial charge in [-0.2, -0.15) is 5.10 Å². The lowest BCUT2D eigenvalue weighted by atomic mass is 10.0. The van der Waals surface area contributed by atoms with Gasteiger partial charge in [0.1, 0.15) is 34.2 Å². The van der Waals surface area contributed by atoms with E-state index in [-0.39, 0.29) is 0 Å². The molecule has 0 saturated carbocycles. The van der Waals surface area contributed by atoms with Gasteiger partial charge in [0, 0.05) is 44.2 Å². The van der Waals surface area contributed by atoms with Crippen LogP contribution in [0.2, 0.25) is 5.02 Å². The summed E-state index contributed by atoms with van der Waals surface area (Å²) in [6, 6.07) is 9.54. The van der Waals surface area contributed by atoms with Crippen molar-refractivity contribution >= 4 is 40.5 Å². The number of amides is 1. The van der Waals surface area contributed by atoms with Crippen LogP contribution in [-0.2, 0) is 11.3 Å². The fourth-order valence-electron chi connectivity index (χ4n) is 4.54. The first-order chi connectivity index (χ1) is 19.5. The molecular formula is C28H33ClN8O4. The molecule has 1 aliphatic heterocycles. The summed E-state index contributed by atoms with van der Waals surface area (Å²) in [7, 11) is 1.63. The first kappa shape index (κ1) is 28.4. The molecule has 1 aromatic carbocycles. The highest BCUT2D eigenvalue weighted by atomic mass is 35.5. The average molecular weight is 581 g/mol. The Bertz CT molecular complexity index is 1530. The van der Waals surface area contributed by atoms with Gasteiger partial charge in [0.2, 0.25) is 5.65 Å². The zero-order chi connectivity index (χ0) is 29.2. The number of carbonyl (C=O) groups excluding carboxylic acids is 1. The smallest absolute Gasteiger partial charge is 0.409 e. The number of fused-ring (bicyclic) bond motifs is 1. The number of aromatic nitrogens is 5. The molecule has 1 saturated heterocycles. The van der Waals surface area contributed by atoms with Gasteiger partial charge in [0.15, 0.2) is 0 Å². The van der Waals surface area contributed by atoms with Crippen LogP contribution in [-0.4, -0.2) is 67.9 Å². The van der Waals surface area contributed by atoms with Crippen LogP contribution in [0.25, 0.3) is 22.4 Å². The molecule has 1 amide bonds. The number of pyridine rings is 1. The average Bonchev–Trinajstić information content (AvgIpc) is 3.35. The highest BCUT2D eigenvalue weighted by molar-refractivity contribution is 6.35. The summed E-state index contributed by atoms with van der Waals surface area (Å²) in [4.78, 5) is 27.9. The van der Waals surface area contributed by atoms with Crippen molar-refractivity contribution in [2.24, 2.45) is 0 Å². The molecule has 0 unspecified atom stereocenters. The Kier molecular flexibility index (Phi) is 7.87. The Morgan fingerprint density at radius 2 is 1.90 bits per heavy atom. The van der Waals surface area contributed by atoms with Crippen molar-refractivity contribution in [3.05, 3.63) is 53.3 Å². The number of hydrogen-bond donors (Lipinski definition) is 4. The summed E-state index contributed by atoms with van der Waals surface area (Å²) in [5, 5.41) is 24.6. The second kappa shape index (κ2) is 11.4. The van der Waals surface area contributed by atoms with Crippen molar-refractivity contribution in [1.82, 2.24) is 30.5 Å². The second-order valence-electron chi connectivity index (χ2n) is 10.9. The van der Waals surface area contributed by atoms with E-state index in [1.165, 1.54) is 0 Å². The second-order valence-corrected chi connectivity index (χ2v) is 11.2. The number of hydrogen-bond acceptors (Lipinski definition) is 10. The van der Waals surface area contributed by atoms with Crippen LogP contribution in [0.5, 0.6) is 5.75 Å². The van der Waals surface area contributed by atoms with E-state index < -0.39 is 17.4 Å². The number of aromatic amines is 1. The SMILES string of the molecule is COc1ccc(CNc2nccc(-c3[nH]nc4nc(N5CCC(O)(NC(=O)OC(C)(C)C)CC5)cnc34)c2Cl)cc1. The Morgan fingerprint density at radius 3 is 2.59 bits per heavy atom. The minimum absolute atomic E-state index is 0.302. The number of alkyl carbamates (subject to hydrolysis) is 1. The number of piperidine rings is 1. The molecule has 1 aliphatic rings. The number of halogens is 1. The fraction of sp³-hybridized carbons (Fsp3) is 0.393. The van der Waals surface area contributed by atoms with Gasteiger partial charge in [-0.25, -0.2) is 19.7 Å². The first-order valence-electron chi connectivity index (χ1n) is 13.2. The molecule has 4 aromatic rings. The Balaban J connectivity index is 1.27. The van der Waals surface area contributed by atoms with Crippen LogP contribution in [0.3, 0.4) is 0 Å². The van der Waals surface area contributed by atoms with Crippen LogP contribution in [0.4, 0.5) is 16.4 Å². The maximum absolute atomic E-state index is 12.2. The summed E-state index contributed by atoms with van der Waals surface area (Å²) in [5.41, 5.74) is 1.38. The number of rotatable bonds is 7. The van der Waals surface area contributed by atoms with E-state index in [1.807, 2.05) is 29.2 Å². The number of nitrogens with one attached hydrogen (secondary N) is 3. The van der Waals surface area contributed by atoms with Gasteiger partial charge in [-0.05, 0) is 44.5 Å². The minimum atomic E-state index is -1.35. The van der Waals surface area contributed by atoms with E-state index >= 15 is 0 Å². The molecule has 13 heteroatoms. The molecule has 12 nitrogen and oxygen atoms in total. The summed E-state index contributed by atoms with van der Waals surface area (Å²) < 4.78 is 10.5. The first-order valence-corrected chi connectivity index (χ1v) is 13.6. The van der Waals surface area contributed by atoms with E-state index in [9.17, 15) is 9.90 Å². The lowest BCUT2D eigenvalue weighted by Crippen LogP contribution is -2.56. The summed E-state index contributed by atoms with van der Waals surface area (Å²) in [6.07, 6.45) is 3.30. The van der Waals surface area contributed by atoms with E-state index in [0.29, 0.717) is 71.6 Å². The van der Waals surface area contributed by atoms with E-state index in [0.717, 1.165) is 11.3 Å². The largest absolute Gasteiger partial charge is 0.497 e. The molecular weight excluding hydrogens is 548 g/mol. The predicted molar refractivity (Wildman–Crippen MR) is 156 cm³/mol. The summed E-state index contributed by atoms with van der Waals surface area (Å²) in [5.74, 6) is 1.95. The van der Waals surface area contributed by atoms with Gasteiger partial charge in [-0.15, -0.1) is 0 Å². The number of methoxy groups -OCH3 is 1. The van der Waals surface area contributed by atoms with Crippen molar-refractivity contribution in [1.29, 1.82) is 0 Å². The molecule has 0 bridgehead atoms. The topological polar surface area (TPSA) is 150 Å². The van der Waals surface area contributed by atoms with Gasteiger partial charge >= 0.3 is 6.09 Å². The quantitative estimate of drug-likeness (QED) is 0.230. The van der Waals surface area contributed by atoms with Crippen molar-refractivity contribution in [3.63, 3.8) is 0 Å². The number of ether oxygens (including phenoxy) is 2. The van der Waals surface area contributed by atoms with Crippen molar-refractivity contribution < 1.29 is 19.4 Å². The third kappa shape index (κ3) is 6.60. The number of benzene rings is 1. The molecule has 0 spiro atoms. The number of anilines is 2. The third-order valence-electron chi connectivity index (χ3n) is 6.68. The molecule has 1 fully saturated rings. The zero-order valence-electron chi connectivity index (χ0n) is 23.4. The third-order valence-corrected chi connectivity index (χ3v) is 7.06. The molecule has 0 radical (unpaired) electrons. The molecule has 4 N–H and O–H groups in total. The predicted octanol–water partition coefficient (Wildman–Crippen LogP) is 4.50. The highest BCUT2D eigenvalue weighted by Gasteiger charge is 2.35. The van der Waals surface area contributed by atoms with Gasteiger partial charge < -0.3 is 24.8 Å². The monoisotopic (exact) mass is 580 g/mol. The highest BCUT2D eigenvalue weighted by Crippen LogP contribution is 2.35. The van der Waals surface area contributed by atoms with Gasteiger partial charge in [-0.1, -0.05) is 23.7 Å². The zero-order valence-corrected chi connectivity index (χ0v) is 24.1. The molecule has 3 aromatic heterocycles. The van der Waals surface area contributed by atoms with Crippen LogP contribution < -0.4 is 20.3 Å². The Morgan fingerprint density at radius 1 is 1.17 bits per heavy atom. The van der Waals surface area contributed by atoms with Crippen LogP contribution in [0.1, 0.15) is 39.2 Å². The summed E-state index contributed by atoms with van der Waals surface area (Å²) >= 11 is 6.75. The van der Waals surface area contributed by atoms with Crippen LogP contribution in [0.15, 0.2) is 42.7 Å². The van der Waals surface area contributed by atoms with Crippen molar-refractivity contribution in [3.8, 4) is 17.0 Å². The van der Waals surface area contributed by atoms with E-state index in [1.54, 1.807) is 46.3 Å². The standard InChI is InChI=1S/C28H33ClN8O4/c1-27(2,3)41-26(38)34-28(39)10-13-37(14-11-28)20-16-31-23-22(35-36-25(23)33-20)19-9-12-30-24(21(19)29)32-15-17-5-7-18(40-4)8-6-17/h5-9,12,16,39H,10-11,13-15H2,1-4H3,(H,30,32)(H,34,38)(H,33,35,36). The number of nitrogens with zero attached hydrogens (tertiary/aromatic N) is 5. The lowest BCUT2D eigenvalue weighted by molar-refractivity contribution is -0.0289. The summed E-state index contributed by atoms with van der Waals surface area (Å²) in [6.45, 7) is 6.78. The molecule has 216 valence electrons. The lowest BCUT2D eigenvalue weighted by Gasteiger charge is -2.39. The van der Waals surface area contributed by atoms with Crippen LogP contribution in [0, 0.1) is 0 Å². The van der Waals surface area contributed by atoms with E-state index in [2.05, 4.69) is 35.8 Å². The van der Waals surface area contributed by atoms with Gasteiger partial charge in [0.05, 0.1) is 24.0 Å². The number of H-pyrrole nitrogens is 1. The molecule has 5 rings (SSSR count). The van der Waals surface area contributed by atoms with E-state index in [4.69, 9.17) is 21.1 Å². The van der Waals surface area contributed by atoms with Crippen molar-refractivity contribution in [2.45, 2.75) is 51.5 Å².